The molecule has 2 aromatic heterocycles. The molecule has 0 spiro atoms. The minimum absolute atomic E-state index is 0.402. The Kier molecular flexibility index (Phi) is 4.84. The molecule has 0 amide bonds. The van der Waals surface area contributed by atoms with Gasteiger partial charge in [-0.2, -0.15) is 5.10 Å². The molecule has 2 aromatic rings. The number of hydrogen-bond acceptors (Lipinski definition) is 4. The van der Waals surface area contributed by atoms with Crippen LogP contribution in [0, 0.1) is 6.92 Å². The monoisotopic (exact) mass is 273 g/mol. The lowest BCUT2D eigenvalue weighted by atomic mass is 10.1. The van der Waals surface area contributed by atoms with Crippen molar-refractivity contribution in [1.82, 2.24) is 25.1 Å². The predicted octanol–water partition coefficient (Wildman–Crippen LogP) is 2.13. The highest BCUT2D eigenvalue weighted by molar-refractivity contribution is 5.18. The van der Waals surface area contributed by atoms with Crippen molar-refractivity contribution in [3.8, 4) is 0 Å². The lowest BCUT2D eigenvalue weighted by Gasteiger charge is -2.23. The highest BCUT2D eigenvalue weighted by Crippen LogP contribution is 2.11. The van der Waals surface area contributed by atoms with Crippen LogP contribution in [0.5, 0.6) is 0 Å². The number of aromatic amines is 1. The van der Waals surface area contributed by atoms with Crippen LogP contribution >= 0.6 is 0 Å². The van der Waals surface area contributed by atoms with Gasteiger partial charge in [0.2, 0.25) is 0 Å². The molecule has 0 aromatic carbocycles. The molecule has 1 atom stereocenters. The molecule has 20 heavy (non-hydrogen) atoms. The van der Waals surface area contributed by atoms with Crippen molar-refractivity contribution in [2.75, 3.05) is 7.05 Å². The maximum atomic E-state index is 4.46. The van der Waals surface area contributed by atoms with Gasteiger partial charge in [0.1, 0.15) is 11.6 Å². The molecular formula is C15H23N5. The quantitative estimate of drug-likeness (QED) is 0.876. The summed E-state index contributed by atoms with van der Waals surface area (Å²) in [5, 5.41) is 7.17. The van der Waals surface area contributed by atoms with E-state index >= 15 is 0 Å². The first-order chi connectivity index (χ1) is 9.60. The summed E-state index contributed by atoms with van der Waals surface area (Å²) >= 11 is 0. The van der Waals surface area contributed by atoms with Gasteiger partial charge < -0.3 is 0 Å². The Morgan fingerprint density at radius 2 is 2.20 bits per heavy atom. The molecule has 0 saturated heterocycles. The van der Waals surface area contributed by atoms with Crippen LogP contribution in [-0.2, 0) is 19.4 Å². The van der Waals surface area contributed by atoms with Crippen LogP contribution in [0.2, 0.25) is 0 Å². The lowest BCUT2D eigenvalue weighted by Crippen LogP contribution is -2.31. The summed E-state index contributed by atoms with van der Waals surface area (Å²) < 4.78 is 0. The number of likely N-dealkylation sites (N-methyl/N-ethyl adjacent to an activating group) is 1. The first-order valence-corrected chi connectivity index (χ1v) is 7.11. The number of nitrogens with one attached hydrogen (secondary N) is 1. The van der Waals surface area contributed by atoms with Crippen molar-refractivity contribution in [1.29, 1.82) is 0 Å². The predicted molar refractivity (Wildman–Crippen MR) is 79.4 cm³/mol. The molecule has 0 aliphatic carbocycles. The van der Waals surface area contributed by atoms with Crippen LogP contribution < -0.4 is 0 Å². The molecule has 0 aliphatic rings. The van der Waals surface area contributed by atoms with Gasteiger partial charge in [0.05, 0.1) is 6.54 Å². The standard InChI is InChI=1S/C15H23N5/c1-5-14-17-15(19-18-14)10-20(4)12(3)9-13-11(2)7-6-8-16-13/h6-8,12H,5,9-10H2,1-4H3,(H,17,18,19). The van der Waals surface area contributed by atoms with Crippen molar-refractivity contribution >= 4 is 0 Å². The fourth-order valence-corrected chi connectivity index (χ4v) is 2.12. The van der Waals surface area contributed by atoms with E-state index in [1.807, 2.05) is 12.3 Å². The van der Waals surface area contributed by atoms with E-state index in [9.17, 15) is 0 Å². The average molecular weight is 273 g/mol. The van der Waals surface area contributed by atoms with Gasteiger partial charge in [0, 0.05) is 30.8 Å². The van der Waals surface area contributed by atoms with Crippen LogP contribution in [0.1, 0.15) is 36.8 Å². The van der Waals surface area contributed by atoms with Gasteiger partial charge in [-0.15, -0.1) is 0 Å². The molecular weight excluding hydrogens is 250 g/mol. The fraction of sp³-hybridized carbons (Fsp3) is 0.533. The number of hydrogen-bond donors (Lipinski definition) is 1. The molecule has 5 nitrogen and oxygen atoms in total. The van der Waals surface area contributed by atoms with Crippen molar-refractivity contribution in [2.24, 2.45) is 0 Å². The molecule has 1 N–H and O–H groups in total. The highest BCUT2D eigenvalue weighted by Gasteiger charge is 2.14. The third-order valence-corrected chi connectivity index (χ3v) is 3.65. The third kappa shape index (κ3) is 3.63. The summed E-state index contributed by atoms with van der Waals surface area (Å²) in [6, 6.07) is 4.49. The van der Waals surface area contributed by atoms with E-state index < -0.39 is 0 Å². The summed E-state index contributed by atoms with van der Waals surface area (Å²) in [4.78, 5) is 11.2. The highest BCUT2D eigenvalue weighted by atomic mass is 15.2. The van der Waals surface area contributed by atoms with Gasteiger partial charge in [-0.05, 0) is 32.5 Å². The number of nitrogens with zero attached hydrogens (tertiary/aromatic N) is 4. The van der Waals surface area contributed by atoms with E-state index in [-0.39, 0.29) is 0 Å². The first kappa shape index (κ1) is 14.7. The van der Waals surface area contributed by atoms with Gasteiger partial charge in [0.25, 0.3) is 0 Å². The van der Waals surface area contributed by atoms with E-state index in [2.05, 4.69) is 59.0 Å². The van der Waals surface area contributed by atoms with Crippen molar-refractivity contribution in [3.05, 3.63) is 41.2 Å². The number of aromatic nitrogens is 4. The first-order valence-electron chi connectivity index (χ1n) is 7.11. The number of H-pyrrole nitrogens is 1. The molecule has 0 saturated carbocycles. The second-order valence-corrected chi connectivity index (χ2v) is 5.29. The normalized spacial score (nSPS) is 12.8. The fourth-order valence-electron chi connectivity index (χ4n) is 2.12. The van der Waals surface area contributed by atoms with Gasteiger partial charge >= 0.3 is 0 Å². The zero-order valence-corrected chi connectivity index (χ0v) is 12.7. The largest absolute Gasteiger partial charge is 0.296 e. The zero-order valence-electron chi connectivity index (χ0n) is 12.7. The summed E-state index contributed by atoms with van der Waals surface area (Å²) in [6.07, 6.45) is 3.67. The second-order valence-electron chi connectivity index (χ2n) is 5.29. The number of rotatable bonds is 6. The minimum Gasteiger partial charge on any atom is -0.296 e. The Hall–Kier alpha value is -1.75. The van der Waals surface area contributed by atoms with Crippen molar-refractivity contribution in [2.45, 2.75) is 46.2 Å². The molecule has 2 heterocycles. The topological polar surface area (TPSA) is 57.7 Å². The van der Waals surface area contributed by atoms with E-state index in [4.69, 9.17) is 0 Å². The van der Waals surface area contributed by atoms with Crippen LogP contribution in [0.4, 0.5) is 0 Å². The molecule has 0 aliphatic heterocycles. The smallest absolute Gasteiger partial charge is 0.150 e. The molecule has 2 rings (SSSR count). The Morgan fingerprint density at radius 3 is 2.85 bits per heavy atom. The zero-order chi connectivity index (χ0) is 14.5. The molecule has 0 bridgehead atoms. The molecule has 108 valence electrons. The molecule has 1 unspecified atom stereocenters. The van der Waals surface area contributed by atoms with E-state index in [0.29, 0.717) is 6.04 Å². The summed E-state index contributed by atoms with van der Waals surface area (Å²) in [7, 11) is 2.11. The minimum atomic E-state index is 0.402. The van der Waals surface area contributed by atoms with Crippen LogP contribution in [0.15, 0.2) is 18.3 Å². The molecule has 0 radical (unpaired) electrons. The maximum Gasteiger partial charge on any atom is 0.150 e. The average Bonchev–Trinajstić information content (AvgIpc) is 2.89. The van der Waals surface area contributed by atoms with Gasteiger partial charge in [-0.1, -0.05) is 13.0 Å². The lowest BCUT2D eigenvalue weighted by molar-refractivity contribution is 0.241. The SMILES string of the molecule is CCc1n[nH]c(CN(C)C(C)Cc2ncccc2C)n1. The Labute approximate surface area is 120 Å². The van der Waals surface area contributed by atoms with Crippen LogP contribution in [-0.4, -0.2) is 38.2 Å². The summed E-state index contributed by atoms with van der Waals surface area (Å²) in [6.45, 7) is 7.16. The van der Waals surface area contributed by atoms with E-state index in [0.717, 1.165) is 31.0 Å². The van der Waals surface area contributed by atoms with Crippen LogP contribution in [0.3, 0.4) is 0 Å². The van der Waals surface area contributed by atoms with Crippen molar-refractivity contribution < 1.29 is 0 Å². The van der Waals surface area contributed by atoms with Crippen LogP contribution in [0.25, 0.3) is 0 Å². The second kappa shape index (κ2) is 6.61. The Morgan fingerprint density at radius 1 is 1.40 bits per heavy atom. The maximum absolute atomic E-state index is 4.46. The molecule has 5 heteroatoms. The third-order valence-electron chi connectivity index (χ3n) is 3.65. The van der Waals surface area contributed by atoms with E-state index in [1.54, 1.807) is 0 Å². The Bertz CT molecular complexity index is 549. The van der Waals surface area contributed by atoms with E-state index in [1.165, 1.54) is 11.3 Å². The Balaban J connectivity index is 1.95. The number of pyridine rings is 1. The van der Waals surface area contributed by atoms with Gasteiger partial charge in [0.15, 0.2) is 0 Å². The number of aryl methyl sites for hydroxylation is 2. The van der Waals surface area contributed by atoms with Crippen molar-refractivity contribution in [3.63, 3.8) is 0 Å². The van der Waals surface area contributed by atoms with Gasteiger partial charge in [-0.25, -0.2) is 4.98 Å². The molecule has 0 fully saturated rings. The summed E-state index contributed by atoms with van der Waals surface area (Å²) in [5.41, 5.74) is 2.42. The summed E-state index contributed by atoms with van der Waals surface area (Å²) in [5.74, 6) is 1.80. The van der Waals surface area contributed by atoms with Gasteiger partial charge in [-0.3, -0.25) is 15.0 Å².